The number of benzene rings is 2. The number of carbonyl (C=O) groups is 1. The second-order valence-corrected chi connectivity index (χ2v) is 7.68. The maximum absolute atomic E-state index is 13.7. The highest BCUT2D eigenvalue weighted by molar-refractivity contribution is 5.84. The zero-order valence-electron chi connectivity index (χ0n) is 16.8. The predicted molar refractivity (Wildman–Crippen MR) is 116 cm³/mol. The zero-order chi connectivity index (χ0) is 20.1. The summed E-state index contributed by atoms with van der Waals surface area (Å²) in [5, 5.41) is 0. The zero-order valence-corrected chi connectivity index (χ0v) is 16.8. The standard InChI is InChI=1S/C25H27N3O/c1-27-16-17-28(19-24(27)21-12-6-3-7-13-21)25(29)23(20-10-4-2-5-11-20)18-22-14-8-9-15-26-22/h2-15,23-24H,16-19H2,1H3. The maximum atomic E-state index is 13.7. The molecule has 0 radical (unpaired) electrons. The minimum absolute atomic E-state index is 0.191. The van der Waals surface area contributed by atoms with Gasteiger partial charge >= 0.3 is 0 Å². The molecule has 4 nitrogen and oxygen atoms in total. The van der Waals surface area contributed by atoms with Crippen molar-refractivity contribution in [3.05, 3.63) is 102 Å². The van der Waals surface area contributed by atoms with Gasteiger partial charge in [0.1, 0.15) is 0 Å². The molecule has 0 aliphatic carbocycles. The van der Waals surface area contributed by atoms with Gasteiger partial charge in [-0.15, -0.1) is 0 Å². The van der Waals surface area contributed by atoms with Gasteiger partial charge in [-0.3, -0.25) is 14.7 Å². The van der Waals surface area contributed by atoms with E-state index in [0.29, 0.717) is 13.0 Å². The van der Waals surface area contributed by atoms with E-state index in [4.69, 9.17) is 0 Å². The summed E-state index contributed by atoms with van der Waals surface area (Å²) < 4.78 is 0. The summed E-state index contributed by atoms with van der Waals surface area (Å²) in [7, 11) is 2.14. The summed E-state index contributed by atoms with van der Waals surface area (Å²) in [4.78, 5) is 22.5. The Bertz CT molecular complexity index is 915. The van der Waals surface area contributed by atoms with Crippen LogP contribution < -0.4 is 0 Å². The molecule has 0 saturated carbocycles. The first-order valence-electron chi connectivity index (χ1n) is 10.2. The van der Waals surface area contributed by atoms with E-state index in [9.17, 15) is 4.79 Å². The van der Waals surface area contributed by atoms with E-state index in [-0.39, 0.29) is 17.9 Å². The number of carbonyl (C=O) groups excluding carboxylic acids is 1. The van der Waals surface area contributed by atoms with Crippen LogP contribution in [0.2, 0.25) is 0 Å². The Morgan fingerprint density at radius 3 is 2.34 bits per heavy atom. The third-order valence-electron chi connectivity index (χ3n) is 5.78. The topological polar surface area (TPSA) is 36.4 Å². The van der Waals surface area contributed by atoms with E-state index >= 15 is 0 Å². The monoisotopic (exact) mass is 385 g/mol. The quantitative estimate of drug-likeness (QED) is 0.668. The fourth-order valence-electron chi connectivity index (χ4n) is 4.09. The van der Waals surface area contributed by atoms with Gasteiger partial charge in [0, 0.05) is 37.9 Å². The molecule has 4 heteroatoms. The number of rotatable bonds is 5. The lowest BCUT2D eigenvalue weighted by atomic mass is 9.91. The summed E-state index contributed by atoms with van der Waals surface area (Å²) in [5.41, 5.74) is 3.26. The molecule has 148 valence electrons. The minimum Gasteiger partial charge on any atom is -0.339 e. The Morgan fingerprint density at radius 1 is 0.966 bits per heavy atom. The average Bonchev–Trinajstić information content (AvgIpc) is 2.79. The van der Waals surface area contributed by atoms with Crippen molar-refractivity contribution in [3.63, 3.8) is 0 Å². The fourth-order valence-corrected chi connectivity index (χ4v) is 4.09. The summed E-state index contributed by atoms with van der Waals surface area (Å²) in [6, 6.07) is 26.7. The van der Waals surface area contributed by atoms with Gasteiger partial charge in [0.05, 0.1) is 12.0 Å². The molecule has 2 unspecified atom stereocenters. The van der Waals surface area contributed by atoms with Crippen LogP contribution >= 0.6 is 0 Å². The summed E-state index contributed by atoms with van der Waals surface area (Å²) in [6.45, 7) is 2.34. The number of hydrogen-bond donors (Lipinski definition) is 0. The van der Waals surface area contributed by atoms with Crippen molar-refractivity contribution in [2.24, 2.45) is 0 Å². The van der Waals surface area contributed by atoms with Crippen LogP contribution in [0, 0.1) is 0 Å². The van der Waals surface area contributed by atoms with E-state index in [1.807, 2.05) is 47.4 Å². The Kier molecular flexibility index (Phi) is 6.01. The van der Waals surface area contributed by atoms with Gasteiger partial charge in [-0.05, 0) is 30.3 Å². The lowest BCUT2D eigenvalue weighted by Crippen LogP contribution is -2.50. The van der Waals surface area contributed by atoms with Gasteiger partial charge in [0.2, 0.25) is 5.91 Å². The van der Waals surface area contributed by atoms with Crippen LogP contribution in [-0.4, -0.2) is 47.4 Å². The second-order valence-electron chi connectivity index (χ2n) is 7.68. The molecule has 1 saturated heterocycles. The van der Waals surface area contributed by atoms with Crippen LogP contribution in [0.3, 0.4) is 0 Å². The molecular weight excluding hydrogens is 358 g/mol. The Labute approximate surface area is 172 Å². The molecule has 29 heavy (non-hydrogen) atoms. The molecule has 3 aromatic rings. The molecule has 0 spiro atoms. The first kappa shape index (κ1) is 19.3. The molecule has 1 amide bonds. The van der Waals surface area contributed by atoms with E-state index in [2.05, 4.69) is 53.3 Å². The summed E-state index contributed by atoms with van der Waals surface area (Å²) >= 11 is 0. The van der Waals surface area contributed by atoms with Crippen molar-refractivity contribution in [2.45, 2.75) is 18.4 Å². The van der Waals surface area contributed by atoms with Crippen molar-refractivity contribution in [1.82, 2.24) is 14.8 Å². The maximum Gasteiger partial charge on any atom is 0.230 e. The lowest BCUT2D eigenvalue weighted by Gasteiger charge is -2.41. The molecule has 4 rings (SSSR count). The Balaban J connectivity index is 1.58. The number of hydrogen-bond acceptors (Lipinski definition) is 3. The molecule has 2 aromatic carbocycles. The van der Waals surface area contributed by atoms with Gasteiger partial charge < -0.3 is 4.90 Å². The highest BCUT2D eigenvalue weighted by Crippen LogP contribution is 2.28. The molecule has 1 aromatic heterocycles. The van der Waals surface area contributed by atoms with E-state index in [1.165, 1.54) is 5.56 Å². The molecule has 2 atom stereocenters. The highest BCUT2D eigenvalue weighted by Gasteiger charge is 2.32. The van der Waals surface area contributed by atoms with Crippen LogP contribution in [0.25, 0.3) is 0 Å². The third-order valence-corrected chi connectivity index (χ3v) is 5.78. The van der Waals surface area contributed by atoms with E-state index in [1.54, 1.807) is 6.20 Å². The third kappa shape index (κ3) is 4.54. The predicted octanol–water partition coefficient (Wildman–Crippen LogP) is 3.92. The molecule has 0 bridgehead atoms. The minimum atomic E-state index is -0.217. The van der Waals surface area contributed by atoms with Crippen LogP contribution in [-0.2, 0) is 11.2 Å². The van der Waals surface area contributed by atoms with Crippen LogP contribution in [0.4, 0.5) is 0 Å². The number of likely N-dealkylation sites (N-methyl/N-ethyl adjacent to an activating group) is 1. The molecule has 1 fully saturated rings. The smallest absolute Gasteiger partial charge is 0.230 e. The van der Waals surface area contributed by atoms with Crippen LogP contribution in [0.15, 0.2) is 85.1 Å². The number of aromatic nitrogens is 1. The van der Waals surface area contributed by atoms with Crippen molar-refractivity contribution in [2.75, 3.05) is 26.7 Å². The van der Waals surface area contributed by atoms with Gasteiger partial charge in [0.25, 0.3) is 0 Å². The highest BCUT2D eigenvalue weighted by atomic mass is 16.2. The Morgan fingerprint density at radius 2 is 1.66 bits per heavy atom. The Hall–Kier alpha value is -2.98. The van der Waals surface area contributed by atoms with Crippen molar-refractivity contribution >= 4 is 5.91 Å². The SMILES string of the molecule is CN1CCN(C(=O)C(Cc2ccccn2)c2ccccc2)CC1c1ccccc1. The van der Waals surface area contributed by atoms with Crippen molar-refractivity contribution in [1.29, 1.82) is 0 Å². The average molecular weight is 386 g/mol. The van der Waals surface area contributed by atoms with Crippen molar-refractivity contribution in [3.8, 4) is 0 Å². The molecule has 0 N–H and O–H groups in total. The van der Waals surface area contributed by atoms with Crippen LogP contribution in [0.1, 0.15) is 28.8 Å². The van der Waals surface area contributed by atoms with Gasteiger partial charge in [-0.1, -0.05) is 66.7 Å². The fraction of sp³-hybridized carbons (Fsp3) is 0.280. The van der Waals surface area contributed by atoms with Gasteiger partial charge in [0.15, 0.2) is 0 Å². The molecule has 2 heterocycles. The van der Waals surface area contributed by atoms with Crippen molar-refractivity contribution < 1.29 is 4.79 Å². The second kappa shape index (κ2) is 9.01. The normalized spacial score (nSPS) is 18.4. The molecule has 1 aliphatic heterocycles. The van der Waals surface area contributed by atoms with Gasteiger partial charge in [-0.25, -0.2) is 0 Å². The van der Waals surface area contributed by atoms with Gasteiger partial charge in [-0.2, -0.15) is 0 Å². The first-order chi connectivity index (χ1) is 14.2. The number of amides is 1. The number of piperazine rings is 1. The molecule has 1 aliphatic rings. The molecular formula is C25H27N3O. The van der Waals surface area contributed by atoms with Crippen LogP contribution in [0.5, 0.6) is 0 Å². The first-order valence-corrected chi connectivity index (χ1v) is 10.2. The largest absolute Gasteiger partial charge is 0.339 e. The summed E-state index contributed by atoms with van der Waals surface area (Å²) in [5.74, 6) is -0.0261. The van der Waals surface area contributed by atoms with E-state index in [0.717, 1.165) is 24.3 Å². The lowest BCUT2D eigenvalue weighted by molar-refractivity contribution is -0.135. The number of nitrogens with zero attached hydrogens (tertiary/aromatic N) is 3. The van der Waals surface area contributed by atoms with E-state index < -0.39 is 0 Å². The number of pyridine rings is 1. The summed E-state index contributed by atoms with van der Waals surface area (Å²) in [6.07, 6.45) is 2.41.